The quantitative estimate of drug-likeness (QED) is 0.664. The summed E-state index contributed by atoms with van der Waals surface area (Å²) in [5, 5.41) is 10.8. The predicted molar refractivity (Wildman–Crippen MR) is 55.2 cm³/mol. The fourth-order valence-corrected chi connectivity index (χ4v) is 1.63. The molecule has 0 radical (unpaired) electrons. The van der Waals surface area contributed by atoms with E-state index in [0.717, 1.165) is 0 Å². The molecule has 5 nitrogen and oxygen atoms in total. The van der Waals surface area contributed by atoms with E-state index in [4.69, 9.17) is 10.5 Å². The number of nitrogens with two attached hydrogens (primary N) is 1. The van der Waals surface area contributed by atoms with Gasteiger partial charge in [0.15, 0.2) is 5.75 Å². The van der Waals surface area contributed by atoms with Crippen LogP contribution >= 0.6 is 15.9 Å². The van der Waals surface area contributed by atoms with Gasteiger partial charge in [-0.25, -0.2) is 0 Å². The zero-order valence-electron chi connectivity index (χ0n) is 7.49. The van der Waals surface area contributed by atoms with Crippen molar-refractivity contribution in [3.05, 3.63) is 32.3 Å². The lowest BCUT2D eigenvalue weighted by Crippen LogP contribution is -2.04. The summed E-state index contributed by atoms with van der Waals surface area (Å²) < 4.78 is 5.50. The molecule has 0 atom stereocenters. The first-order valence-electron chi connectivity index (χ1n) is 3.81. The van der Waals surface area contributed by atoms with Crippen molar-refractivity contribution in [2.24, 2.45) is 5.73 Å². The fourth-order valence-electron chi connectivity index (χ4n) is 1.15. The minimum absolute atomic E-state index is 0.0793. The van der Waals surface area contributed by atoms with Crippen molar-refractivity contribution < 1.29 is 9.66 Å². The molecule has 0 amide bonds. The normalized spacial score (nSPS) is 9.93. The molecular weight excluding hydrogens is 252 g/mol. The van der Waals surface area contributed by atoms with Crippen molar-refractivity contribution in [3.8, 4) is 5.75 Å². The number of nitro groups is 1. The molecule has 76 valence electrons. The second-order valence-electron chi connectivity index (χ2n) is 2.54. The summed E-state index contributed by atoms with van der Waals surface area (Å²) in [6.45, 7) is 0.0914. The Bertz CT molecular complexity index is 368. The average molecular weight is 261 g/mol. The molecule has 0 bridgehead atoms. The highest BCUT2D eigenvalue weighted by atomic mass is 79.9. The first kappa shape index (κ1) is 10.9. The summed E-state index contributed by atoms with van der Waals surface area (Å²) in [5.74, 6) is 0.221. The Morgan fingerprint density at radius 3 is 2.71 bits per heavy atom. The molecule has 1 aromatic carbocycles. The lowest BCUT2D eigenvalue weighted by molar-refractivity contribution is -0.386. The molecule has 0 aliphatic heterocycles. The molecule has 0 aliphatic carbocycles. The summed E-state index contributed by atoms with van der Waals surface area (Å²) in [5.41, 5.74) is 5.78. The van der Waals surface area contributed by atoms with Gasteiger partial charge in [-0.1, -0.05) is 15.9 Å². The maximum Gasteiger partial charge on any atom is 0.316 e. The van der Waals surface area contributed by atoms with E-state index in [9.17, 15) is 10.1 Å². The van der Waals surface area contributed by atoms with Crippen molar-refractivity contribution in [3.63, 3.8) is 0 Å². The number of methoxy groups -OCH3 is 1. The standard InChI is InChI=1S/C8H9BrN2O3/c1-14-7-3-2-6(9)5(4-10)8(7)11(12)13/h2-3H,4,10H2,1H3. The Kier molecular flexibility index (Phi) is 3.43. The smallest absolute Gasteiger partial charge is 0.316 e. The third-order valence-electron chi connectivity index (χ3n) is 1.80. The number of nitro benzene ring substituents is 1. The summed E-state index contributed by atoms with van der Waals surface area (Å²) in [7, 11) is 1.39. The molecule has 0 aliphatic rings. The number of hydrogen-bond acceptors (Lipinski definition) is 4. The van der Waals surface area contributed by atoms with Crippen LogP contribution < -0.4 is 10.5 Å². The van der Waals surface area contributed by atoms with Crippen molar-refractivity contribution >= 4 is 21.6 Å². The molecule has 1 aromatic rings. The second-order valence-corrected chi connectivity index (χ2v) is 3.39. The predicted octanol–water partition coefficient (Wildman–Crippen LogP) is 1.82. The summed E-state index contributed by atoms with van der Waals surface area (Å²) in [6, 6.07) is 3.20. The van der Waals surface area contributed by atoms with E-state index in [1.807, 2.05) is 0 Å². The topological polar surface area (TPSA) is 78.4 Å². The Morgan fingerprint density at radius 1 is 1.64 bits per heavy atom. The van der Waals surface area contributed by atoms with E-state index in [0.29, 0.717) is 10.0 Å². The molecule has 0 heterocycles. The fraction of sp³-hybridized carbons (Fsp3) is 0.250. The number of nitrogens with zero attached hydrogens (tertiary/aromatic N) is 1. The van der Waals surface area contributed by atoms with Gasteiger partial charge in [0.1, 0.15) is 0 Å². The SMILES string of the molecule is COc1ccc(Br)c(CN)c1[N+](=O)[O-]. The number of hydrogen-bond donors (Lipinski definition) is 1. The zero-order chi connectivity index (χ0) is 10.7. The Morgan fingerprint density at radius 2 is 2.29 bits per heavy atom. The van der Waals surface area contributed by atoms with Gasteiger partial charge in [0, 0.05) is 11.0 Å². The largest absolute Gasteiger partial charge is 0.490 e. The van der Waals surface area contributed by atoms with Crippen LogP contribution in [0.25, 0.3) is 0 Å². The number of rotatable bonds is 3. The molecular formula is C8H9BrN2O3. The molecule has 2 N–H and O–H groups in total. The van der Waals surface area contributed by atoms with E-state index in [1.165, 1.54) is 13.2 Å². The molecule has 0 aromatic heterocycles. The van der Waals surface area contributed by atoms with Gasteiger partial charge in [-0.15, -0.1) is 0 Å². The van der Waals surface area contributed by atoms with Crippen LogP contribution in [0.5, 0.6) is 5.75 Å². The van der Waals surface area contributed by atoms with Gasteiger partial charge >= 0.3 is 5.69 Å². The van der Waals surface area contributed by atoms with Crippen LogP contribution in [0.2, 0.25) is 0 Å². The van der Waals surface area contributed by atoms with E-state index in [1.54, 1.807) is 6.07 Å². The van der Waals surface area contributed by atoms with Crippen molar-refractivity contribution in [2.45, 2.75) is 6.54 Å². The molecule has 0 unspecified atom stereocenters. The lowest BCUT2D eigenvalue weighted by atomic mass is 10.1. The minimum Gasteiger partial charge on any atom is -0.490 e. The van der Waals surface area contributed by atoms with Crippen LogP contribution in [0.4, 0.5) is 5.69 Å². The second kappa shape index (κ2) is 4.39. The monoisotopic (exact) mass is 260 g/mol. The molecule has 0 spiro atoms. The zero-order valence-corrected chi connectivity index (χ0v) is 9.08. The van der Waals surface area contributed by atoms with Gasteiger partial charge in [0.2, 0.25) is 0 Å². The lowest BCUT2D eigenvalue weighted by Gasteiger charge is -2.06. The molecule has 6 heteroatoms. The maximum atomic E-state index is 10.8. The molecule has 1 rings (SSSR count). The first-order valence-corrected chi connectivity index (χ1v) is 4.61. The molecule has 14 heavy (non-hydrogen) atoms. The molecule has 0 fully saturated rings. The summed E-state index contributed by atoms with van der Waals surface area (Å²) in [6.07, 6.45) is 0. The number of benzene rings is 1. The minimum atomic E-state index is -0.494. The van der Waals surface area contributed by atoms with Crippen LogP contribution in [-0.2, 0) is 6.54 Å². The van der Waals surface area contributed by atoms with Gasteiger partial charge in [-0.2, -0.15) is 0 Å². The Hall–Kier alpha value is -1.14. The van der Waals surface area contributed by atoms with Crippen LogP contribution in [-0.4, -0.2) is 12.0 Å². The number of ether oxygens (including phenoxy) is 1. The highest BCUT2D eigenvalue weighted by molar-refractivity contribution is 9.10. The summed E-state index contributed by atoms with van der Waals surface area (Å²) >= 11 is 3.20. The third kappa shape index (κ3) is 1.85. The maximum absolute atomic E-state index is 10.8. The Labute approximate surface area is 89.1 Å². The van der Waals surface area contributed by atoms with Crippen LogP contribution in [0.3, 0.4) is 0 Å². The van der Waals surface area contributed by atoms with Crippen molar-refractivity contribution in [1.82, 2.24) is 0 Å². The van der Waals surface area contributed by atoms with Crippen LogP contribution in [0.1, 0.15) is 5.56 Å². The average Bonchev–Trinajstić information content (AvgIpc) is 2.17. The van der Waals surface area contributed by atoms with Gasteiger partial charge < -0.3 is 10.5 Å². The summed E-state index contributed by atoms with van der Waals surface area (Å²) in [4.78, 5) is 10.3. The van der Waals surface area contributed by atoms with Gasteiger partial charge in [-0.05, 0) is 12.1 Å². The first-order chi connectivity index (χ1) is 6.61. The van der Waals surface area contributed by atoms with Gasteiger partial charge in [-0.3, -0.25) is 10.1 Å². The Balaban J connectivity index is 3.43. The molecule has 0 saturated heterocycles. The van der Waals surface area contributed by atoms with Crippen LogP contribution in [0.15, 0.2) is 16.6 Å². The van der Waals surface area contributed by atoms with Crippen LogP contribution in [0, 0.1) is 10.1 Å². The van der Waals surface area contributed by atoms with E-state index < -0.39 is 4.92 Å². The highest BCUT2D eigenvalue weighted by Gasteiger charge is 2.21. The third-order valence-corrected chi connectivity index (χ3v) is 2.54. The van der Waals surface area contributed by atoms with Gasteiger partial charge in [0.05, 0.1) is 17.6 Å². The van der Waals surface area contributed by atoms with Crippen molar-refractivity contribution in [2.75, 3.05) is 7.11 Å². The van der Waals surface area contributed by atoms with E-state index >= 15 is 0 Å². The van der Waals surface area contributed by atoms with E-state index in [-0.39, 0.29) is 18.0 Å². The van der Waals surface area contributed by atoms with E-state index in [2.05, 4.69) is 15.9 Å². The number of halogens is 1. The highest BCUT2D eigenvalue weighted by Crippen LogP contribution is 2.35. The van der Waals surface area contributed by atoms with Crippen molar-refractivity contribution in [1.29, 1.82) is 0 Å². The molecule has 0 saturated carbocycles. The van der Waals surface area contributed by atoms with Gasteiger partial charge in [0.25, 0.3) is 0 Å².